The molecule has 1 aliphatic rings. The summed E-state index contributed by atoms with van der Waals surface area (Å²) in [4.78, 5) is 24.9. The minimum absolute atomic E-state index is 0.0747. The predicted octanol–water partition coefficient (Wildman–Crippen LogP) is 3.39. The highest BCUT2D eigenvalue weighted by Crippen LogP contribution is 2.28. The molecule has 1 heterocycles. The molecule has 2 rings (SSSR count). The van der Waals surface area contributed by atoms with E-state index in [1.807, 2.05) is 13.8 Å². The molecule has 1 amide bonds. The first-order chi connectivity index (χ1) is 11.3. The molecule has 0 aliphatic carbocycles. The molecule has 5 nitrogen and oxygen atoms in total. The van der Waals surface area contributed by atoms with Gasteiger partial charge < -0.3 is 14.5 Å². The van der Waals surface area contributed by atoms with Crippen LogP contribution in [0.1, 0.15) is 42.6 Å². The summed E-state index contributed by atoms with van der Waals surface area (Å²) in [5.41, 5.74) is 1.51. The maximum atomic E-state index is 12.9. The molecule has 1 aliphatic heterocycles. The van der Waals surface area contributed by atoms with Crippen LogP contribution < -0.4 is 5.32 Å². The number of carbonyl (C=O) groups is 2. The summed E-state index contributed by atoms with van der Waals surface area (Å²) in [7, 11) is 1.31. The first kappa shape index (κ1) is 18.7. The zero-order valence-electron chi connectivity index (χ0n) is 14.8. The molecule has 0 radical (unpaired) electrons. The van der Waals surface area contributed by atoms with Crippen LogP contribution in [0.3, 0.4) is 0 Å². The molecule has 0 aromatic heterocycles. The number of likely N-dealkylation sites (tertiary alicyclic amines) is 1. The van der Waals surface area contributed by atoms with Gasteiger partial charge in [0.15, 0.2) is 6.04 Å². The second-order valence-corrected chi connectivity index (χ2v) is 6.93. The third-order valence-electron chi connectivity index (χ3n) is 5.24. The quantitative estimate of drug-likeness (QED) is 0.652. The molecule has 24 heavy (non-hydrogen) atoms. The lowest BCUT2D eigenvalue weighted by Gasteiger charge is -2.38. The molecule has 132 valence electrons. The lowest BCUT2D eigenvalue weighted by atomic mass is 10.1. The summed E-state index contributed by atoms with van der Waals surface area (Å²) >= 11 is 6.05. The van der Waals surface area contributed by atoms with E-state index in [-0.39, 0.29) is 17.5 Å². The smallest absolute Gasteiger partial charge is 0.340 e. The van der Waals surface area contributed by atoms with Gasteiger partial charge >= 0.3 is 5.97 Å². The van der Waals surface area contributed by atoms with Crippen LogP contribution in [0.4, 0.5) is 5.69 Å². The van der Waals surface area contributed by atoms with Crippen LogP contribution in [0.25, 0.3) is 0 Å². The number of nitrogens with one attached hydrogen (secondary N) is 1. The Bertz CT molecular complexity index is 639. The Hall–Kier alpha value is -1.59. The van der Waals surface area contributed by atoms with E-state index in [4.69, 9.17) is 16.3 Å². The number of methoxy groups -OCH3 is 1. The summed E-state index contributed by atoms with van der Waals surface area (Å²) in [5.74, 6) is -0.585. The molecule has 6 heteroatoms. The van der Waals surface area contributed by atoms with E-state index < -0.39 is 5.97 Å². The van der Waals surface area contributed by atoms with Gasteiger partial charge in [-0.2, -0.15) is 0 Å². The number of halogens is 1. The topological polar surface area (TPSA) is 55.4 Å². The van der Waals surface area contributed by atoms with Crippen LogP contribution in [0, 0.1) is 6.92 Å². The van der Waals surface area contributed by atoms with Crippen molar-refractivity contribution in [2.75, 3.05) is 32.1 Å². The Morgan fingerprint density at radius 1 is 1.33 bits per heavy atom. The molecule has 1 fully saturated rings. The number of aryl methyl sites for hydroxylation is 1. The molecule has 0 spiro atoms. The van der Waals surface area contributed by atoms with E-state index in [1.54, 1.807) is 6.07 Å². The Balaban J connectivity index is 2.30. The summed E-state index contributed by atoms with van der Waals surface area (Å²) in [6.45, 7) is 8.88. The second kappa shape index (κ2) is 7.53. The number of anilines is 1. The Morgan fingerprint density at radius 2 is 1.96 bits per heavy atom. The Labute approximate surface area is 148 Å². The largest absolute Gasteiger partial charge is 0.465 e. The lowest BCUT2D eigenvalue weighted by Crippen LogP contribution is -2.56. The fourth-order valence-corrected chi connectivity index (χ4v) is 3.87. The highest BCUT2D eigenvalue weighted by Gasteiger charge is 2.40. The van der Waals surface area contributed by atoms with Crippen molar-refractivity contribution in [2.45, 2.75) is 39.7 Å². The van der Waals surface area contributed by atoms with Gasteiger partial charge in [-0.3, -0.25) is 4.79 Å². The first-order valence-electron chi connectivity index (χ1n) is 8.39. The Kier molecular flexibility index (Phi) is 5.88. The zero-order chi connectivity index (χ0) is 17.9. The van der Waals surface area contributed by atoms with E-state index in [0.29, 0.717) is 10.7 Å². The summed E-state index contributed by atoms with van der Waals surface area (Å²) < 4.78 is 5.61. The van der Waals surface area contributed by atoms with Crippen LogP contribution >= 0.6 is 11.6 Å². The van der Waals surface area contributed by atoms with Crippen LogP contribution in [0.15, 0.2) is 12.1 Å². The van der Waals surface area contributed by atoms with Crippen LogP contribution in [0.5, 0.6) is 0 Å². The minimum Gasteiger partial charge on any atom is -0.465 e. The van der Waals surface area contributed by atoms with E-state index >= 15 is 0 Å². The standard InChI is InChI=1S/C18H25ClN2O3/c1-5-21(8-6-7-9-21)13(3)17(22)20-16-12(2)10-14(19)11-15(16)18(23)24-4/h10-11,13H,5-9H2,1-4H3/p+1. The number of amides is 1. The van der Waals surface area contributed by atoms with Crippen LogP contribution in [-0.2, 0) is 9.53 Å². The fraction of sp³-hybridized carbons (Fsp3) is 0.556. The molecule has 1 unspecified atom stereocenters. The van der Waals surface area contributed by atoms with Gasteiger partial charge in [-0.1, -0.05) is 11.6 Å². The predicted molar refractivity (Wildman–Crippen MR) is 95.4 cm³/mol. The van der Waals surface area contributed by atoms with E-state index in [0.717, 1.165) is 42.5 Å². The molecule has 1 N–H and O–H groups in total. The number of hydrogen-bond acceptors (Lipinski definition) is 3. The summed E-state index contributed by atoms with van der Waals surface area (Å²) in [6.07, 6.45) is 2.30. The van der Waals surface area contributed by atoms with Crippen molar-refractivity contribution in [3.8, 4) is 0 Å². The van der Waals surface area contributed by atoms with Gasteiger partial charge in [0.2, 0.25) is 0 Å². The van der Waals surface area contributed by atoms with Gasteiger partial charge in [0.25, 0.3) is 5.91 Å². The second-order valence-electron chi connectivity index (χ2n) is 6.49. The molecular weight excluding hydrogens is 328 g/mol. The monoisotopic (exact) mass is 353 g/mol. The highest BCUT2D eigenvalue weighted by molar-refractivity contribution is 6.31. The van der Waals surface area contributed by atoms with Crippen molar-refractivity contribution in [3.63, 3.8) is 0 Å². The minimum atomic E-state index is -0.510. The molecule has 1 atom stereocenters. The van der Waals surface area contributed by atoms with Gasteiger partial charge in [0, 0.05) is 17.9 Å². The number of quaternary nitrogens is 1. The van der Waals surface area contributed by atoms with Crippen molar-refractivity contribution >= 4 is 29.2 Å². The molecular formula is C18H26ClN2O3+. The third kappa shape index (κ3) is 3.57. The third-order valence-corrected chi connectivity index (χ3v) is 5.46. The maximum Gasteiger partial charge on any atom is 0.340 e. The number of likely N-dealkylation sites (N-methyl/N-ethyl adjacent to an activating group) is 1. The average Bonchev–Trinajstić information content (AvgIpc) is 3.05. The van der Waals surface area contributed by atoms with Crippen LogP contribution in [0.2, 0.25) is 5.02 Å². The van der Waals surface area contributed by atoms with Gasteiger partial charge in [-0.15, -0.1) is 0 Å². The van der Waals surface area contributed by atoms with E-state index in [2.05, 4.69) is 12.2 Å². The molecule has 1 saturated heterocycles. The average molecular weight is 354 g/mol. The van der Waals surface area contributed by atoms with E-state index in [1.165, 1.54) is 13.2 Å². The first-order valence-corrected chi connectivity index (χ1v) is 8.77. The van der Waals surface area contributed by atoms with Crippen LogP contribution in [-0.4, -0.2) is 49.1 Å². The summed E-state index contributed by atoms with van der Waals surface area (Å²) in [5, 5.41) is 3.38. The van der Waals surface area contributed by atoms with Crippen molar-refractivity contribution < 1.29 is 18.8 Å². The Morgan fingerprint density at radius 3 is 2.50 bits per heavy atom. The van der Waals surface area contributed by atoms with Crippen molar-refractivity contribution in [1.29, 1.82) is 0 Å². The number of rotatable bonds is 5. The SMILES string of the molecule is CC[N+]1(C(C)C(=O)Nc2c(C)cc(Cl)cc2C(=O)OC)CCCC1. The van der Waals surface area contributed by atoms with Gasteiger partial charge in [0.1, 0.15) is 0 Å². The number of nitrogens with zero attached hydrogens (tertiary/aromatic N) is 1. The van der Waals surface area contributed by atoms with Crippen molar-refractivity contribution in [1.82, 2.24) is 0 Å². The molecule has 1 aromatic carbocycles. The molecule has 0 saturated carbocycles. The molecule has 1 aromatic rings. The lowest BCUT2D eigenvalue weighted by molar-refractivity contribution is -0.928. The van der Waals surface area contributed by atoms with Gasteiger partial charge in [-0.25, -0.2) is 4.79 Å². The fourth-order valence-electron chi connectivity index (χ4n) is 3.60. The highest BCUT2D eigenvalue weighted by atomic mass is 35.5. The van der Waals surface area contributed by atoms with Crippen molar-refractivity contribution in [3.05, 3.63) is 28.3 Å². The number of carbonyl (C=O) groups excluding carboxylic acids is 2. The number of hydrogen-bond donors (Lipinski definition) is 1. The van der Waals surface area contributed by atoms with Gasteiger partial charge in [0.05, 0.1) is 38.0 Å². The van der Waals surface area contributed by atoms with E-state index in [9.17, 15) is 9.59 Å². The maximum absolute atomic E-state index is 12.9. The zero-order valence-corrected chi connectivity index (χ0v) is 15.6. The number of ether oxygens (including phenoxy) is 1. The van der Waals surface area contributed by atoms with Crippen molar-refractivity contribution in [2.24, 2.45) is 0 Å². The normalized spacial score (nSPS) is 17.4. The summed E-state index contributed by atoms with van der Waals surface area (Å²) in [6, 6.07) is 3.09. The number of esters is 1. The number of benzene rings is 1. The van der Waals surface area contributed by atoms with Gasteiger partial charge in [-0.05, 0) is 38.5 Å². The molecule has 0 bridgehead atoms.